The first-order valence-electron chi connectivity index (χ1n) is 17.6. The van der Waals surface area contributed by atoms with E-state index < -0.39 is 0 Å². The molecule has 3 aromatic rings. The van der Waals surface area contributed by atoms with Gasteiger partial charge in [0, 0.05) is 6.08 Å². The molecular weight excluding hydrogens is 568 g/mol. The summed E-state index contributed by atoms with van der Waals surface area (Å²) in [6.45, 7) is 8.92. The lowest BCUT2D eigenvalue weighted by Crippen LogP contribution is -2.25. The molecule has 0 radical (unpaired) electrons. The highest BCUT2D eigenvalue weighted by atomic mass is 16.5. The summed E-state index contributed by atoms with van der Waals surface area (Å²) in [6, 6.07) is 32.0. The van der Waals surface area contributed by atoms with Gasteiger partial charge in [0.1, 0.15) is 0 Å². The number of carbonyl (C=O) groups excluding carboxylic acids is 2. The third-order valence-corrected chi connectivity index (χ3v) is 9.97. The van der Waals surface area contributed by atoms with Crippen LogP contribution in [0.2, 0.25) is 0 Å². The third-order valence-electron chi connectivity index (χ3n) is 9.97. The molecule has 0 aromatic heterocycles. The standard InChI is InChI=1S/C42H54O4/c1-4-35(37-20-12-7-13-21-37)27-34(31-46-42(44)39-24-16-9-17-25-39)29-40(38-22-14-8-15-23-38)28-33(30-45-41(43)5-2)26-32(3)36-18-10-6-11-19-36/h5-8,10-15,18-23,32-35,39-40H,2,4,9,16-17,24-31H2,1,3H3. The van der Waals surface area contributed by atoms with E-state index >= 15 is 0 Å². The first-order chi connectivity index (χ1) is 22.5. The molecule has 1 saturated carbocycles. The molecule has 46 heavy (non-hydrogen) atoms. The summed E-state index contributed by atoms with van der Waals surface area (Å²) in [7, 11) is 0. The van der Waals surface area contributed by atoms with Crippen molar-refractivity contribution in [3.63, 3.8) is 0 Å². The summed E-state index contributed by atoms with van der Waals surface area (Å²) in [6.07, 6.45) is 11.3. The average molecular weight is 623 g/mol. The fourth-order valence-electron chi connectivity index (χ4n) is 7.36. The van der Waals surface area contributed by atoms with Crippen molar-refractivity contribution in [1.82, 2.24) is 0 Å². The second-order valence-corrected chi connectivity index (χ2v) is 13.4. The van der Waals surface area contributed by atoms with Crippen molar-refractivity contribution in [2.75, 3.05) is 13.2 Å². The van der Waals surface area contributed by atoms with E-state index in [1.165, 1.54) is 29.2 Å². The van der Waals surface area contributed by atoms with Crippen LogP contribution in [-0.4, -0.2) is 25.2 Å². The molecule has 0 heterocycles. The minimum Gasteiger partial charge on any atom is -0.465 e. The van der Waals surface area contributed by atoms with Gasteiger partial charge in [0.25, 0.3) is 0 Å². The Kier molecular flexibility index (Phi) is 14.6. The Balaban J connectivity index is 1.58. The number of hydrogen-bond acceptors (Lipinski definition) is 4. The van der Waals surface area contributed by atoms with Gasteiger partial charge in [-0.3, -0.25) is 4.79 Å². The Morgan fingerprint density at radius 2 is 1.17 bits per heavy atom. The molecule has 1 fully saturated rings. The molecule has 4 rings (SSSR count). The van der Waals surface area contributed by atoms with Crippen LogP contribution < -0.4 is 0 Å². The number of esters is 2. The van der Waals surface area contributed by atoms with Gasteiger partial charge in [-0.15, -0.1) is 0 Å². The van der Waals surface area contributed by atoms with Gasteiger partial charge >= 0.3 is 11.9 Å². The van der Waals surface area contributed by atoms with E-state index in [9.17, 15) is 9.59 Å². The molecular formula is C42H54O4. The number of ether oxygens (including phenoxy) is 2. The summed E-state index contributed by atoms with van der Waals surface area (Å²) in [5.74, 6) is 0.937. The zero-order chi connectivity index (χ0) is 32.6. The predicted octanol–water partition coefficient (Wildman–Crippen LogP) is 10.4. The molecule has 246 valence electrons. The van der Waals surface area contributed by atoms with Crippen molar-refractivity contribution < 1.29 is 19.1 Å². The van der Waals surface area contributed by atoms with Crippen LogP contribution in [0.1, 0.15) is 112 Å². The maximum absolute atomic E-state index is 13.2. The molecule has 3 aromatic carbocycles. The second kappa shape index (κ2) is 19.1. The van der Waals surface area contributed by atoms with Crippen LogP contribution in [0, 0.1) is 17.8 Å². The Morgan fingerprint density at radius 3 is 1.72 bits per heavy atom. The molecule has 4 heteroatoms. The van der Waals surface area contributed by atoms with E-state index in [0.717, 1.165) is 57.8 Å². The van der Waals surface area contributed by atoms with Gasteiger partial charge in [-0.05, 0) is 91.2 Å². The van der Waals surface area contributed by atoms with Crippen LogP contribution in [0.4, 0.5) is 0 Å². The van der Waals surface area contributed by atoms with Crippen molar-refractivity contribution in [1.29, 1.82) is 0 Å². The van der Waals surface area contributed by atoms with Crippen molar-refractivity contribution in [3.8, 4) is 0 Å². The predicted molar refractivity (Wildman–Crippen MR) is 188 cm³/mol. The Hall–Kier alpha value is -3.66. The molecule has 0 aliphatic heterocycles. The molecule has 4 nitrogen and oxygen atoms in total. The first-order valence-corrected chi connectivity index (χ1v) is 17.6. The molecule has 0 N–H and O–H groups in total. The molecule has 5 unspecified atom stereocenters. The van der Waals surface area contributed by atoms with E-state index in [1.807, 2.05) is 6.07 Å². The zero-order valence-electron chi connectivity index (χ0n) is 28.0. The van der Waals surface area contributed by atoms with Crippen LogP contribution in [0.5, 0.6) is 0 Å². The lowest BCUT2D eigenvalue weighted by Gasteiger charge is -2.31. The average Bonchev–Trinajstić information content (AvgIpc) is 3.12. The largest absolute Gasteiger partial charge is 0.465 e. The summed E-state index contributed by atoms with van der Waals surface area (Å²) in [5.41, 5.74) is 3.92. The quantitative estimate of drug-likeness (QED) is 0.105. The number of hydrogen-bond donors (Lipinski definition) is 0. The Morgan fingerprint density at radius 1 is 0.696 bits per heavy atom. The molecule has 1 aliphatic rings. The monoisotopic (exact) mass is 622 g/mol. The summed E-state index contributed by atoms with van der Waals surface area (Å²) >= 11 is 0. The van der Waals surface area contributed by atoms with Gasteiger partial charge in [-0.2, -0.15) is 0 Å². The van der Waals surface area contributed by atoms with E-state index in [4.69, 9.17) is 9.47 Å². The summed E-state index contributed by atoms with van der Waals surface area (Å²) < 4.78 is 11.9. The SMILES string of the molecule is C=CC(=O)OCC(CC(C)c1ccccc1)CC(CC(COC(=O)C1CCCCC1)CC(CC)c1ccccc1)c1ccccc1. The first kappa shape index (κ1) is 35.2. The van der Waals surface area contributed by atoms with Gasteiger partial charge < -0.3 is 9.47 Å². The second-order valence-electron chi connectivity index (χ2n) is 13.4. The highest BCUT2D eigenvalue weighted by molar-refractivity contribution is 5.81. The topological polar surface area (TPSA) is 52.6 Å². The molecule has 5 atom stereocenters. The van der Waals surface area contributed by atoms with Crippen LogP contribution in [0.25, 0.3) is 0 Å². The summed E-state index contributed by atoms with van der Waals surface area (Å²) in [4.78, 5) is 25.4. The van der Waals surface area contributed by atoms with Crippen LogP contribution in [-0.2, 0) is 19.1 Å². The lowest BCUT2D eigenvalue weighted by atomic mass is 9.76. The minimum absolute atomic E-state index is 0.0142. The number of benzene rings is 3. The highest BCUT2D eigenvalue weighted by Gasteiger charge is 2.29. The fourth-order valence-corrected chi connectivity index (χ4v) is 7.36. The fraction of sp³-hybridized carbons (Fsp3) is 0.476. The normalized spacial score (nSPS) is 16.8. The minimum atomic E-state index is -0.380. The lowest BCUT2D eigenvalue weighted by molar-refractivity contribution is -0.151. The van der Waals surface area contributed by atoms with E-state index in [2.05, 4.69) is 105 Å². The Labute approximate surface area is 277 Å². The van der Waals surface area contributed by atoms with Crippen LogP contribution in [0.3, 0.4) is 0 Å². The number of rotatable bonds is 18. The van der Waals surface area contributed by atoms with Crippen molar-refractivity contribution >= 4 is 11.9 Å². The van der Waals surface area contributed by atoms with Gasteiger partial charge in [0.2, 0.25) is 0 Å². The zero-order valence-corrected chi connectivity index (χ0v) is 28.0. The van der Waals surface area contributed by atoms with Gasteiger partial charge in [0.15, 0.2) is 0 Å². The number of carbonyl (C=O) groups is 2. The third kappa shape index (κ3) is 11.3. The maximum atomic E-state index is 13.2. The van der Waals surface area contributed by atoms with Gasteiger partial charge in [-0.1, -0.05) is 131 Å². The van der Waals surface area contributed by atoms with E-state index in [0.29, 0.717) is 25.0 Å². The van der Waals surface area contributed by atoms with Gasteiger partial charge in [-0.25, -0.2) is 4.79 Å². The van der Waals surface area contributed by atoms with Crippen LogP contribution >= 0.6 is 0 Å². The van der Waals surface area contributed by atoms with E-state index in [1.54, 1.807) is 0 Å². The molecule has 1 aliphatic carbocycles. The molecule has 0 bridgehead atoms. The highest BCUT2D eigenvalue weighted by Crippen LogP contribution is 2.38. The van der Waals surface area contributed by atoms with Crippen molar-refractivity contribution in [2.45, 2.75) is 95.8 Å². The molecule has 0 amide bonds. The van der Waals surface area contributed by atoms with Gasteiger partial charge in [0.05, 0.1) is 19.1 Å². The van der Waals surface area contributed by atoms with Crippen molar-refractivity contribution in [3.05, 3.63) is 120 Å². The molecule has 0 spiro atoms. The van der Waals surface area contributed by atoms with Crippen molar-refractivity contribution in [2.24, 2.45) is 17.8 Å². The summed E-state index contributed by atoms with van der Waals surface area (Å²) in [5, 5.41) is 0. The Bertz CT molecular complexity index is 1300. The molecule has 0 saturated heterocycles. The van der Waals surface area contributed by atoms with Crippen LogP contribution in [0.15, 0.2) is 104 Å². The van der Waals surface area contributed by atoms with E-state index in [-0.39, 0.29) is 35.6 Å². The maximum Gasteiger partial charge on any atom is 0.330 e. The smallest absolute Gasteiger partial charge is 0.330 e.